The smallest absolute Gasteiger partial charge is 0.255 e. The third kappa shape index (κ3) is 2.91. The third-order valence-electron chi connectivity index (χ3n) is 3.01. The summed E-state index contributed by atoms with van der Waals surface area (Å²) >= 11 is 0. The molecule has 1 fully saturated rings. The molecule has 18 heavy (non-hydrogen) atoms. The minimum Gasteiger partial charge on any atom is -0.395 e. The van der Waals surface area contributed by atoms with Crippen molar-refractivity contribution in [2.75, 3.05) is 19.7 Å². The molecule has 0 bridgehead atoms. The van der Waals surface area contributed by atoms with E-state index < -0.39 is 0 Å². The Hall–Kier alpha value is -1.79. The fourth-order valence-corrected chi connectivity index (χ4v) is 2.08. The molecule has 94 valence electrons. The van der Waals surface area contributed by atoms with E-state index in [0.717, 1.165) is 31.5 Å². The Kier molecular flexibility index (Phi) is 4.38. The van der Waals surface area contributed by atoms with Crippen molar-refractivity contribution in [3.05, 3.63) is 35.4 Å². The van der Waals surface area contributed by atoms with Gasteiger partial charge in [-0.2, -0.15) is 0 Å². The Balaban J connectivity index is 2.21. The minimum absolute atomic E-state index is 0.0508. The molecule has 1 aliphatic rings. The van der Waals surface area contributed by atoms with E-state index in [4.69, 9.17) is 5.11 Å². The molecule has 0 atom stereocenters. The molecule has 0 radical (unpaired) electrons. The van der Waals surface area contributed by atoms with Crippen molar-refractivity contribution in [2.24, 2.45) is 0 Å². The first-order valence-corrected chi connectivity index (χ1v) is 6.31. The summed E-state index contributed by atoms with van der Waals surface area (Å²) in [5.41, 5.74) is 1.42. The summed E-state index contributed by atoms with van der Waals surface area (Å²) in [7, 11) is 0. The van der Waals surface area contributed by atoms with Crippen LogP contribution in [0.1, 0.15) is 35.2 Å². The van der Waals surface area contributed by atoms with Crippen LogP contribution >= 0.6 is 0 Å². The average Bonchev–Trinajstić information content (AvgIpc) is 2.93. The van der Waals surface area contributed by atoms with Gasteiger partial charge in [0.2, 0.25) is 0 Å². The summed E-state index contributed by atoms with van der Waals surface area (Å²) in [4.78, 5) is 14.2. The number of carbonyl (C=O) groups is 1. The molecular formula is C15H17NO2. The highest BCUT2D eigenvalue weighted by Gasteiger charge is 2.20. The van der Waals surface area contributed by atoms with Crippen molar-refractivity contribution in [1.82, 2.24) is 4.90 Å². The fraction of sp³-hybridized carbons (Fsp3) is 0.400. The number of aliphatic hydroxyl groups excluding tert-OH is 1. The number of nitrogens with zero attached hydrogens (tertiary/aromatic N) is 1. The maximum atomic E-state index is 12.3. The van der Waals surface area contributed by atoms with Gasteiger partial charge in [0.25, 0.3) is 5.91 Å². The SMILES string of the molecule is O=C(c1ccccc1C#CCCO)N1CCCC1. The van der Waals surface area contributed by atoms with Crippen molar-refractivity contribution >= 4 is 5.91 Å². The van der Waals surface area contributed by atoms with Crippen LogP contribution in [0.5, 0.6) is 0 Å². The van der Waals surface area contributed by atoms with Gasteiger partial charge in [-0.15, -0.1) is 0 Å². The van der Waals surface area contributed by atoms with Gasteiger partial charge in [-0.3, -0.25) is 4.79 Å². The molecule has 1 N–H and O–H groups in total. The third-order valence-corrected chi connectivity index (χ3v) is 3.01. The number of likely N-dealkylation sites (tertiary alicyclic amines) is 1. The summed E-state index contributed by atoms with van der Waals surface area (Å²) < 4.78 is 0. The van der Waals surface area contributed by atoms with Gasteiger partial charge >= 0.3 is 0 Å². The topological polar surface area (TPSA) is 40.5 Å². The van der Waals surface area contributed by atoms with Crippen molar-refractivity contribution in [3.63, 3.8) is 0 Å². The van der Waals surface area contributed by atoms with Crippen LogP contribution in [0.2, 0.25) is 0 Å². The monoisotopic (exact) mass is 243 g/mol. The molecule has 3 nitrogen and oxygen atoms in total. The lowest BCUT2D eigenvalue weighted by molar-refractivity contribution is 0.0792. The molecule has 1 heterocycles. The summed E-state index contributed by atoms with van der Waals surface area (Å²) in [6, 6.07) is 7.42. The van der Waals surface area contributed by atoms with E-state index in [9.17, 15) is 4.79 Å². The van der Waals surface area contributed by atoms with Crippen LogP contribution in [0.3, 0.4) is 0 Å². The summed E-state index contributed by atoms with van der Waals surface area (Å²) in [6.45, 7) is 1.74. The van der Waals surface area contributed by atoms with Gasteiger partial charge in [-0.25, -0.2) is 0 Å². The first-order chi connectivity index (χ1) is 8.83. The summed E-state index contributed by atoms with van der Waals surface area (Å²) in [6.07, 6.45) is 2.61. The van der Waals surface area contributed by atoms with E-state index in [2.05, 4.69) is 11.8 Å². The lowest BCUT2D eigenvalue weighted by Gasteiger charge is -2.16. The molecule has 2 rings (SSSR count). The van der Waals surface area contributed by atoms with Crippen molar-refractivity contribution < 1.29 is 9.90 Å². The zero-order chi connectivity index (χ0) is 12.8. The van der Waals surface area contributed by atoms with Crippen molar-refractivity contribution in [2.45, 2.75) is 19.3 Å². The zero-order valence-electron chi connectivity index (χ0n) is 10.4. The number of hydrogen-bond donors (Lipinski definition) is 1. The van der Waals surface area contributed by atoms with Gasteiger partial charge in [-0.05, 0) is 25.0 Å². The first kappa shape index (κ1) is 12.7. The molecule has 0 aromatic heterocycles. The molecule has 1 saturated heterocycles. The second-order valence-electron chi connectivity index (χ2n) is 4.32. The standard InChI is InChI=1S/C15H17NO2/c17-12-6-3-8-13-7-1-2-9-14(13)15(18)16-10-4-5-11-16/h1-2,7,9,17H,4-6,10-12H2. The fourth-order valence-electron chi connectivity index (χ4n) is 2.08. The molecule has 0 aliphatic carbocycles. The van der Waals surface area contributed by atoms with E-state index in [1.807, 2.05) is 29.2 Å². The van der Waals surface area contributed by atoms with Crippen molar-refractivity contribution in [1.29, 1.82) is 0 Å². The average molecular weight is 243 g/mol. The largest absolute Gasteiger partial charge is 0.395 e. The molecular weight excluding hydrogens is 226 g/mol. The Morgan fingerprint density at radius 2 is 2.00 bits per heavy atom. The minimum atomic E-state index is 0.0508. The number of aliphatic hydroxyl groups is 1. The molecule has 1 aromatic carbocycles. The van der Waals surface area contributed by atoms with Crippen LogP contribution in [-0.2, 0) is 0 Å². The number of amides is 1. The van der Waals surface area contributed by atoms with E-state index in [1.165, 1.54) is 0 Å². The van der Waals surface area contributed by atoms with Crippen molar-refractivity contribution in [3.8, 4) is 11.8 Å². The van der Waals surface area contributed by atoms with Gasteiger partial charge in [0, 0.05) is 25.1 Å². The predicted octanol–water partition coefficient (Wildman–Crippen LogP) is 1.66. The molecule has 3 heteroatoms. The Bertz CT molecular complexity index is 479. The second-order valence-corrected chi connectivity index (χ2v) is 4.32. The highest BCUT2D eigenvalue weighted by atomic mass is 16.2. The van der Waals surface area contributed by atoms with E-state index in [1.54, 1.807) is 0 Å². The molecule has 1 amide bonds. The highest BCUT2D eigenvalue weighted by molar-refractivity contribution is 5.96. The number of carbonyl (C=O) groups excluding carboxylic acids is 1. The summed E-state index contributed by atoms with van der Waals surface area (Å²) in [5.74, 6) is 5.90. The lowest BCUT2D eigenvalue weighted by atomic mass is 10.1. The Labute approximate surface area is 107 Å². The van der Waals surface area contributed by atoms with Crippen LogP contribution < -0.4 is 0 Å². The van der Waals surface area contributed by atoms with Crippen LogP contribution in [0.25, 0.3) is 0 Å². The maximum absolute atomic E-state index is 12.3. The van der Waals surface area contributed by atoms with E-state index >= 15 is 0 Å². The van der Waals surface area contributed by atoms with Gasteiger partial charge in [0.15, 0.2) is 0 Å². The van der Waals surface area contributed by atoms with Crippen LogP contribution in [-0.4, -0.2) is 35.6 Å². The number of hydrogen-bond acceptors (Lipinski definition) is 2. The van der Waals surface area contributed by atoms with E-state index in [0.29, 0.717) is 12.0 Å². The normalized spacial score (nSPS) is 14.2. The van der Waals surface area contributed by atoms with Gasteiger partial charge in [0.05, 0.1) is 12.2 Å². The van der Waals surface area contributed by atoms with Gasteiger partial charge in [0.1, 0.15) is 0 Å². The lowest BCUT2D eigenvalue weighted by Crippen LogP contribution is -2.28. The zero-order valence-corrected chi connectivity index (χ0v) is 10.4. The molecule has 0 spiro atoms. The Morgan fingerprint density at radius 1 is 1.28 bits per heavy atom. The second kappa shape index (κ2) is 6.23. The van der Waals surface area contributed by atoms with Gasteiger partial charge in [-0.1, -0.05) is 24.0 Å². The quantitative estimate of drug-likeness (QED) is 0.802. The van der Waals surface area contributed by atoms with Crippen LogP contribution in [0, 0.1) is 11.8 Å². The number of benzene rings is 1. The van der Waals surface area contributed by atoms with Crippen LogP contribution in [0.4, 0.5) is 0 Å². The van der Waals surface area contributed by atoms with Gasteiger partial charge < -0.3 is 10.0 Å². The molecule has 1 aliphatic heterocycles. The maximum Gasteiger partial charge on any atom is 0.255 e. The first-order valence-electron chi connectivity index (χ1n) is 6.31. The Morgan fingerprint density at radius 3 is 2.72 bits per heavy atom. The predicted molar refractivity (Wildman–Crippen MR) is 70.2 cm³/mol. The molecule has 0 unspecified atom stereocenters. The van der Waals surface area contributed by atoms with Crippen LogP contribution in [0.15, 0.2) is 24.3 Å². The number of rotatable bonds is 2. The summed E-state index contributed by atoms with van der Waals surface area (Å²) in [5, 5.41) is 8.72. The molecule has 0 saturated carbocycles. The van der Waals surface area contributed by atoms with E-state index in [-0.39, 0.29) is 12.5 Å². The molecule has 1 aromatic rings. The highest BCUT2D eigenvalue weighted by Crippen LogP contribution is 2.15.